The number of anilines is 1. The molecule has 1 saturated carbocycles. The fourth-order valence-corrected chi connectivity index (χ4v) is 2.99. The maximum absolute atomic E-state index is 9.31. The van der Waals surface area contributed by atoms with E-state index in [2.05, 4.69) is 14.9 Å². The van der Waals surface area contributed by atoms with E-state index >= 15 is 0 Å². The molecule has 1 aliphatic carbocycles. The minimum atomic E-state index is 0.113. The molecule has 19 heavy (non-hydrogen) atoms. The summed E-state index contributed by atoms with van der Waals surface area (Å²) >= 11 is 6.25. The Balaban J connectivity index is 2.29. The van der Waals surface area contributed by atoms with E-state index < -0.39 is 0 Å². The van der Waals surface area contributed by atoms with Gasteiger partial charge in [-0.3, -0.25) is 0 Å². The first-order valence-corrected chi connectivity index (χ1v) is 7.39. The molecule has 0 bridgehead atoms. The van der Waals surface area contributed by atoms with Crippen LogP contribution in [0.4, 0.5) is 5.82 Å². The van der Waals surface area contributed by atoms with Gasteiger partial charge in [0.2, 0.25) is 0 Å². The molecule has 2 rings (SSSR count). The summed E-state index contributed by atoms with van der Waals surface area (Å²) in [4.78, 5) is 11.1. The van der Waals surface area contributed by atoms with E-state index in [0.29, 0.717) is 17.7 Å². The van der Waals surface area contributed by atoms with Crippen LogP contribution >= 0.6 is 11.6 Å². The highest BCUT2D eigenvalue weighted by molar-refractivity contribution is 6.31. The first-order chi connectivity index (χ1) is 9.13. The molecule has 5 heteroatoms. The molecule has 0 unspecified atom stereocenters. The zero-order chi connectivity index (χ0) is 13.8. The molecule has 4 nitrogen and oxygen atoms in total. The van der Waals surface area contributed by atoms with Crippen LogP contribution in [0.1, 0.15) is 43.5 Å². The number of hydrogen-bond acceptors (Lipinski definition) is 4. The second kappa shape index (κ2) is 6.53. The van der Waals surface area contributed by atoms with Crippen molar-refractivity contribution in [2.45, 2.75) is 52.0 Å². The van der Waals surface area contributed by atoms with Gasteiger partial charge in [-0.2, -0.15) is 0 Å². The Hall–Kier alpha value is -0.870. The summed E-state index contributed by atoms with van der Waals surface area (Å²) in [6, 6.07) is 0.426. The first kappa shape index (κ1) is 14.5. The monoisotopic (exact) mass is 283 g/mol. The van der Waals surface area contributed by atoms with Crippen molar-refractivity contribution in [3.63, 3.8) is 0 Å². The summed E-state index contributed by atoms with van der Waals surface area (Å²) in [5, 5.41) is 9.76. The van der Waals surface area contributed by atoms with Gasteiger partial charge >= 0.3 is 0 Å². The van der Waals surface area contributed by atoms with E-state index in [1.165, 1.54) is 19.3 Å². The van der Waals surface area contributed by atoms with Crippen molar-refractivity contribution >= 4 is 17.4 Å². The van der Waals surface area contributed by atoms with E-state index in [0.717, 1.165) is 30.0 Å². The minimum absolute atomic E-state index is 0.113. The molecule has 106 valence electrons. The number of aliphatic hydroxyl groups excluding tert-OH is 1. The summed E-state index contributed by atoms with van der Waals surface area (Å²) in [7, 11) is 0. The van der Waals surface area contributed by atoms with Crippen LogP contribution in [0.15, 0.2) is 0 Å². The van der Waals surface area contributed by atoms with E-state index in [1.54, 1.807) is 0 Å². The highest BCUT2D eigenvalue weighted by Crippen LogP contribution is 2.30. The largest absolute Gasteiger partial charge is 0.395 e. The highest BCUT2D eigenvalue weighted by atomic mass is 35.5. The highest BCUT2D eigenvalue weighted by Gasteiger charge is 2.24. The molecule has 0 aliphatic heterocycles. The topological polar surface area (TPSA) is 49.2 Å². The summed E-state index contributed by atoms with van der Waals surface area (Å²) in [6.45, 7) is 4.54. The number of hydrogen-bond donors (Lipinski definition) is 1. The van der Waals surface area contributed by atoms with Crippen molar-refractivity contribution in [2.75, 3.05) is 18.1 Å². The molecular formula is C14H22ClN3O. The molecule has 0 saturated heterocycles. The van der Waals surface area contributed by atoms with Gasteiger partial charge in [-0.15, -0.1) is 0 Å². The Bertz CT molecular complexity index is 433. The van der Waals surface area contributed by atoms with E-state index in [4.69, 9.17) is 11.6 Å². The Morgan fingerprint density at radius 3 is 2.42 bits per heavy atom. The second-order valence-electron chi connectivity index (χ2n) is 5.22. The zero-order valence-electron chi connectivity index (χ0n) is 11.7. The van der Waals surface area contributed by atoms with Crippen molar-refractivity contribution in [2.24, 2.45) is 0 Å². The van der Waals surface area contributed by atoms with Crippen molar-refractivity contribution in [1.29, 1.82) is 0 Å². The lowest BCUT2D eigenvalue weighted by molar-refractivity contribution is 0.289. The number of halogens is 1. The van der Waals surface area contributed by atoms with Gasteiger partial charge in [0.25, 0.3) is 0 Å². The zero-order valence-corrected chi connectivity index (χ0v) is 12.4. The SMILES string of the molecule is Cc1nc(Cl)c(N(CCO)C2CCCCC2)nc1C. The van der Waals surface area contributed by atoms with Gasteiger partial charge in [-0.05, 0) is 26.7 Å². The Morgan fingerprint density at radius 1 is 1.16 bits per heavy atom. The molecule has 0 amide bonds. The minimum Gasteiger partial charge on any atom is -0.395 e. The van der Waals surface area contributed by atoms with E-state index in [9.17, 15) is 5.11 Å². The van der Waals surface area contributed by atoms with Crippen molar-refractivity contribution < 1.29 is 5.11 Å². The van der Waals surface area contributed by atoms with Gasteiger partial charge in [0.15, 0.2) is 11.0 Å². The van der Waals surface area contributed by atoms with Crippen molar-refractivity contribution in [1.82, 2.24) is 9.97 Å². The van der Waals surface area contributed by atoms with Crippen molar-refractivity contribution in [3.8, 4) is 0 Å². The van der Waals surface area contributed by atoms with Crippen molar-refractivity contribution in [3.05, 3.63) is 16.5 Å². The molecule has 0 spiro atoms. The third-order valence-electron chi connectivity index (χ3n) is 3.88. The van der Waals surface area contributed by atoms with Gasteiger partial charge in [0, 0.05) is 12.6 Å². The summed E-state index contributed by atoms with van der Waals surface area (Å²) in [5.41, 5.74) is 1.76. The normalized spacial score (nSPS) is 16.6. The number of aryl methyl sites for hydroxylation is 2. The average molecular weight is 284 g/mol. The number of nitrogens with zero attached hydrogens (tertiary/aromatic N) is 3. The summed E-state index contributed by atoms with van der Waals surface area (Å²) in [5.74, 6) is 0.728. The fourth-order valence-electron chi connectivity index (χ4n) is 2.71. The molecule has 1 heterocycles. The summed E-state index contributed by atoms with van der Waals surface area (Å²) in [6.07, 6.45) is 6.07. The Morgan fingerprint density at radius 2 is 1.79 bits per heavy atom. The van der Waals surface area contributed by atoms with E-state index in [1.807, 2.05) is 13.8 Å². The molecular weight excluding hydrogens is 262 g/mol. The quantitative estimate of drug-likeness (QED) is 0.923. The summed E-state index contributed by atoms with van der Waals surface area (Å²) < 4.78 is 0. The molecule has 0 atom stereocenters. The third kappa shape index (κ3) is 3.37. The fraction of sp³-hybridized carbons (Fsp3) is 0.714. The van der Waals surface area contributed by atoms with Crippen LogP contribution in [0, 0.1) is 13.8 Å². The molecule has 1 aromatic heterocycles. The Kier molecular flexibility index (Phi) is 4.99. The van der Waals surface area contributed by atoms with Gasteiger partial charge in [0.05, 0.1) is 18.0 Å². The van der Waals surface area contributed by atoms with Crippen LogP contribution in [0.5, 0.6) is 0 Å². The van der Waals surface area contributed by atoms with Crippen LogP contribution < -0.4 is 4.90 Å². The van der Waals surface area contributed by atoms with Crippen LogP contribution in [0.25, 0.3) is 0 Å². The lowest BCUT2D eigenvalue weighted by Gasteiger charge is -2.35. The molecule has 1 fully saturated rings. The molecule has 0 aromatic carbocycles. The predicted molar refractivity (Wildman–Crippen MR) is 77.8 cm³/mol. The van der Waals surface area contributed by atoms with E-state index in [-0.39, 0.29) is 6.61 Å². The molecule has 1 N–H and O–H groups in total. The maximum atomic E-state index is 9.31. The second-order valence-corrected chi connectivity index (χ2v) is 5.58. The number of rotatable bonds is 4. The van der Waals surface area contributed by atoms with Gasteiger partial charge < -0.3 is 10.0 Å². The lowest BCUT2D eigenvalue weighted by atomic mass is 9.94. The van der Waals surface area contributed by atoms with Crippen LogP contribution in [0.2, 0.25) is 5.15 Å². The van der Waals surface area contributed by atoms with Gasteiger partial charge in [-0.1, -0.05) is 30.9 Å². The van der Waals surface area contributed by atoms with Crippen LogP contribution in [-0.2, 0) is 0 Å². The smallest absolute Gasteiger partial charge is 0.171 e. The standard InChI is InChI=1S/C14H22ClN3O/c1-10-11(2)17-14(13(15)16-10)18(8-9-19)12-6-4-3-5-7-12/h12,19H,3-9H2,1-2H3. The number of aliphatic hydroxyl groups is 1. The lowest BCUT2D eigenvalue weighted by Crippen LogP contribution is -2.39. The number of aromatic nitrogens is 2. The Labute approximate surface area is 119 Å². The van der Waals surface area contributed by atoms with Gasteiger partial charge in [-0.25, -0.2) is 9.97 Å². The maximum Gasteiger partial charge on any atom is 0.171 e. The molecule has 1 aliphatic rings. The van der Waals surface area contributed by atoms with Gasteiger partial charge in [0.1, 0.15) is 0 Å². The third-order valence-corrected chi connectivity index (χ3v) is 4.13. The molecule has 1 aromatic rings. The van der Waals surface area contributed by atoms with Crippen LogP contribution in [0.3, 0.4) is 0 Å². The van der Waals surface area contributed by atoms with Crippen LogP contribution in [-0.4, -0.2) is 34.3 Å². The predicted octanol–water partition coefficient (Wildman–Crippen LogP) is 2.88. The molecule has 0 radical (unpaired) electrons. The first-order valence-electron chi connectivity index (χ1n) is 7.01. The average Bonchev–Trinajstić information content (AvgIpc) is 2.42.